The number of hydrogen-bond donors (Lipinski definition) is 1. The minimum Gasteiger partial charge on any atom is -0.497 e. The maximum absolute atomic E-state index is 5.69. The number of benzene rings is 1. The molecule has 2 N–H and O–H groups in total. The van der Waals surface area contributed by atoms with Gasteiger partial charge >= 0.3 is 0 Å². The predicted octanol–water partition coefficient (Wildman–Crippen LogP) is 1.81. The summed E-state index contributed by atoms with van der Waals surface area (Å²) < 4.78 is 10.6. The second-order valence-corrected chi connectivity index (χ2v) is 3.36. The van der Waals surface area contributed by atoms with Crippen LogP contribution in [-0.4, -0.2) is 19.3 Å². The highest BCUT2D eigenvalue weighted by Crippen LogP contribution is 2.18. The van der Waals surface area contributed by atoms with Crippen LogP contribution >= 0.6 is 0 Å². The van der Waals surface area contributed by atoms with Crippen molar-refractivity contribution in [1.29, 1.82) is 0 Å². The lowest BCUT2D eigenvalue weighted by molar-refractivity contribution is 0.196. The summed E-state index contributed by atoms with van der Waals surface area (Å²) in [5.74, 6) is 1.64. The fourth-order valence-electron chi connectivity index (χ4n) is 0.976. The molecule has 0 aromatic heterocycles. The molecule has 0 bridgehead atoms. The molecule has 0 saturated heterocycles. The average molecular weight is 195 g/mol. The monoisotopic (exact) mass is 195 g/mol. The first kappa shape index (κ1) is 10.9. The molecule has 2 unspecified atom stereocenters. The zero-order valence-electron chi connectivity index (χ0n) is 8.86. The number of methoxy groups -OCH3 is 1. The number of ether oxygens (including phenoxy) is 2. The highest BCUT2D eigenvalue weighted by atomic mass is 16.5. The molecule has 0 aliphatic rings. The Bertz CT molecular complexity index is 269. The Hall–Kier alpha value is -1.22. The molecule has 0 aliphatic carbocycles. The first-order valence-corrected chi connectivity index (χ1v) is 4.69. The molecular formula is C11H17NO2. The van der Waals surface area contributed by atoms with E-state index in [4.69, 9.17) is 15.2 Å². The van der Waals surface area contributed by atoms with Crippen molar-refractivity contribution in [1.82, 2.24) is 0 Å². The van der Waals surface area contributed by atoms with E-state index in [2.05, 4.69) is 0 Å². The van der Waals surface area contributed by atoms with Gasteiger partial charge in [0.05, 0.1) is 7.11 Å². The number of nitrogens with two attached hydrogens (primary N) is 1. The SMILES string of the molecule is COc1ccc(OC(C)C(C)N)cc1. The zero-order chi connectivity index (χ0) is 10.6. The van der Waals surface area contributed by atoms with Gasteiger partial charge in [0, 0.05) is 6.04 Å². The van der Waals surface area contributed by atoms with Crippen LogP contribution < -0.4 is 15.2 Å². The zero-order valence-corrected chi connectivity index (χ0v) is 8.86. The Morgan fingerprint density at radius 3 is 2.00 bits per heavy atom. The van der Waals surface area contributed by atoms with Gasteiger partial charge in [-0.1, -0.05) is 0 Å². The van der Waals surface area contributed by atoms with E-state index < -0.39 is 0 Å². The van der Waals surface area contributed by atoms with Crippen LogP contribution in [0.3, 0.4) is 0 Å². The van der Waals surface area contributed by atoms with Crippen LogP contribution in [-0.2, 0) is 0 Å². The van der Waals surface area contributed by atoms with E-state index in [9.17, 15) is 0 Å². The van der Waals surface area contributed by atoms with Gasteiger partial charge in [-0.05, 0) is 38.1 Å². The summed E-state index contributed by atoms with van der Waals surface area (Å²) in [5.41, 5.74) is 5.69. The maximum Gasteiger partial charge on any atom is 0.120 e. The molecule has 3 nitrogen and oxygen atoms in total. The van der Waals surface area contributed by atoms with Crippen molar-refractivity contribution < 1.29 is 9.47 Å². The Balaban J connectivity index is 2.59. The third-order valence-electron chi connectivity index (χ3n) is 2.12. The van der Waals surface area contributed by atoms with Gasteiger partial charge in [0.1, 0.15) is 17.6 Å². The number of hydrogen-bond acceptors (Lipinski definition) is 3. The maximum atomic E-state index is 5.69. The summed E-state index contributed by atoms with van der Waals surface area (Å²) in [6.45, 7) is 3.88. The number of rotatable bonds is 4. The van der Waals surface area contributed by atoms with Gasteiger partial charge < -0.3 is 15.2 Å². The van der Waals surface area contributed by atoms with Crippen molar-refractivity contribution >= 4 is 0 Å². The molecule has 0 amide bonds. The highest BCUT2D eigenvalue weighted by molar-refractivity contribution is 5.31. The third kappa shape index (κ3) is 2.92. The first-order valence-electron chi connectivity index (χ1n) is 4.69. The molecule has 0 fully saturated rings. The summed E-state index contributed by atoms with van der Waals surface area (Å²) in [6.07, 6.45) is 0.0170. The quantitative estimate of drug-likeness (QED) is 0.796. The van der Waals surface area contributed by atoms with E-state index in [1.54, 1.807) is 7.11 Å². The van der Waals surface area contributed by atoms with E-state index in [-0.39, 0.29) is 12.1 Å². The van der Waals surface area contributed by atoms with E-state index in [0.29, 0.717) is 0 Å². The smallest absolute Gasteiger partial charge is 0.120 e. The van der Waals surface area contributed by atoms with Crippen LogP contribution in [0.1, 0.15) is 13.8 Å². The topological polar surface area (TPSA) is 44.5 Å². The van der Waals surface area contributed by atoms with E-state index in [1.165, 1.54) is 0 Å². The minimum absolute atomic E-state index is 0.0170. The molecule has 0 saturated carbocycles. The lowest BCUT2D eigenvalue weighted by Gasteiger charge is -2.17. The van der Waals surface area contributed by atoms with Gasteiger partial charge in [0.25, 0.3) is 0 Å². The third-order valence-corrected chi connectivity index (χ3v) is 2.12. The van der Waals surface area contributed by atoms with Gasteiger partial charge in [-0.3, -0.25) is 0 Å². The predicted molar refractivity (Wildman–Crippen MR) is 56.7 cm³/mol. The van der Waals surface area contributed by atoms with Gasteiger partial charge in [-0.15, -0.1) is 0 Å². The Morgan fingerprint density at radius 2 is 1.57 bits per heavy atom. The molecule has 78 valence electrons. The summed E-state index contributed by atoms with van der Waals surface area (Å²) in [7, 11) is 1.64. The highest BCUT2D eigenvalue weighted by Gasteiger charge is 2.08. The summed E-state index contributed by atoms with van der Waals surface area (Å²) in [4.78, 5) is 0. The van der Waals surface area contributed by atoms with Crippen LogP contribution in [0.4, 0.5) is 0 Å². The lowest BCUT2D eigenvalue weighted by atomic mass is 10.2. The molecule has 2 atom stereocenters. The molecule has 0 heterocycles. The minimum atomic E-state index is 0.0170. The summed E-state index contributed by atoms with van der Waals surface area (Å²) >= 11 is 0. The van der Waals surface area contributed by atoms with Crippen LogP contribution in [0.25, 0.3) is 0 Å². The summed E-state index contributed by atoms with van der Waals surface area (Å²) in [5, 5.41) is 0. The van der Waals surface area contributed by atoms with Crippen molar-refractivity contribution in [2.45, 2.75) is 26.0 Å². The molecule has 1 aromatic carbocycles. The largest absolute Gasteiger partial charge is 0.497 e. The van der Waals surface area contributed by atoms with Gasteiger partial charge in [-0.2, -0.15) is 0 Å². The van der Waals surface area contributed by atoms with Gasteiger partial charge in [0.2, 0.25) is 0 Å². The van der Waals surface area contributed by atoms with Crippen LogP contribution in [0.5, 0.6) is 11.5 Å². The van der Waals surface area contributed by atoms with Crippen molar-refractivity contribution in [3.63, 3.8) is 0 Å². The lowest BCUT2D eigenvalue weighted by Crippen LogP contribution is -2.33. The second-order valence-electron chi connectivity index (χ2n) is 3.36. The fraction of sp³-hybridized carbons (Fsp3) is 0.455. The second kappa shape index (κ2) is 4.86. The Labute approximate surface area is 84.8 Å². The molecular weight excluding hydrogens is 178 g/mol. The fourth-order valence-corrected chi connectivity index (χ4v) is 0.976. The van der Waals surface area contributed by atoms with Crippen molar-refractivity contribution in [3.05, 3.63) is 24.3 Å². The van der Waals surface area contributed by atoms with Crippen molar-refractivity contribution in [3.8, 4) is 11.5 Å². The molecule has 1 aromatic rings. The first-order chi connectivity index (χ1) is 6.63. The van der Waals surface area contributed by atoms with E-state index >= 15 is 0 Å². The molecule has 0 aliphatic heterocycles. The molecule has 0 spiro atoms. The Morgan fingerprint density at radius 1 is 1.07 bits per heavy atom. The standard InChI is InChI=1S/C11H17NO2/c1-8(12)9(2)14-11-6-4-10(13-3)5-7-11/h4-9H,12H2,1-3H3. The molecule has 1 rings (SSSR count). The summed E-state index contributed by atoms with van der Waals surface area (Å²) in [6, 6.07) is 7.50. The molecule has 3 heteroatoms. The van der Waals surface area contributed by atoms with Gasteiger partial charge in [-0.25, -0.2) is 0 Å². The van der Waals surface area contributed by atoms with E-state index in [1.807, 2.05) is 38.1 Å². The Kier molecular flexibility index (Phi) is 3.77. The average Bonchev–Trinajstić information content (AvgIpc) is 2.19. The van der Waals surface area contributed by atoms with Crippen molar-refractivity contribution in [2.75, 3.05) is 7.11 Å². The van der Waals surface area contributed by atoms with Gasteiger partial charge in [0.15, 0.2) is 0 Å². The molecule has 14 heavy (non-hydrogen) atoms. The van der Waals surface area contributed by atoms with Crippen LogP contribution in [0.15, 0.2) is 24.3 Å². The van der Waals surface area contributed by atoms with Crippen LogP contribution in [0, 0.1) is 0 Å². The van der Waals surface area contributed by atoms with Crippen LogP contribution in [0.2, 0.25) is 0 Å². The van der Waals surface area contributed by atoms with Crippen molar-refractivity contribution in [2.24, 2.45) is 5.73 Å². The normalized spacial score (nSPS) is 14.6. The molecule has 0 radical (unpaired) electrons. The van der Waals surface area contributed by atoms with E-state index in [0.717, 1.165) is 11.5 Å².